The summed E-state index contributed by atoms with van der Waals surface area (Å²) in [4.78, 5) is 13.5. The maximum atomic E-state index is 12.3. The predicted molar refractivity (Wildman–Crippen MR) is 76.0 cm³/mol. The van der Waals surface area contributed by atoms with E-state index in [4.69, 9.17) is 5.84 Å². The van der Waals surface area contributed by atoms with Crippen LogP contribution in [0.2, 0.25) is 0 Å². The Morgan fingerprint density at radius 2 is 1.81 bits per heavy atom. The number of anilines is 2. The Balaban J connectivity index is 2.50. The van der Waals surface area contributed by atoms with Crippen LogP contribution in [-0.4, -0.2) is 18.3 Å². The number of aromatic nitrogens is 1. The van der Waals surface area contributed by atoms with E-state index >= 15 is 0 Å². The molecule has 2 aromatic rings. The summed E-state index contributed by atoms with van der Waals surface area (Å²) in [5, 5.41) is 11.0. The molecular weight excluding hydrogens is 298 g/mol. The topological polar surface area (TPSA) is 140 Å². The summed E-state index contributed by atoms with van der Waals surface area (Å²) in [6.45, 7) is 0. The van der Waals surface area contributed by atoms with Crippen LogP contribution in [0.15, 0.2) is 47.6 Å². The average molecular weight is 309 g/mol. The normalized spacial score (nSPS) is 10.9. The van der Waals surface area contributed by atoms with Gasteiger partial charge in [0.05, 0.1) is 16.3 Å². The number of benzene rings is 1. The monoisotopic (exact) mass is 309 g/mol. The number of sulfonamides is 1. The van der Waals surface area contributed by atoms with Crippen molar-refractivity contribution in [2.75, 3.05) is 10.1 Å². The van der Waals surface area contributed by atoms with Crippen LogP contribution in [0.3, 0.4) is 0 Å². The highest BCUT2D eigenvalue weighted by molar-refractivity contribution is 7.92. The summed E-state index contributed by atoms with van der Waals surface area (Å²) in [6.07, 6.45) is 2.79. The van der Waals surface area contributed by atoms with Gasteiger partial charge >= 0.3 is 0 Å². The van der Waals surface area contributed by atoms with Gasteiger partial charge in [-0.25, -0.2) is 8.42 Å². The number of nitrogens with two attached hydrogens (primary N) is 1. The smallest absolute Gasteiger partial charge is 0.290 e. The molecule has 0 saturated carbocycles. The lowest BCUT2D eigenvalue weighted by molar-refractivity contribution is -0.387. The largest absolute Gasteiger partial charge is 0.324 e. The maximum absolute atomic E-state index is 12.3. The van der Waals surface area contributed by atoms with E-state index < -0.39 is 25.5 Å². The SMILES string of the molecule is NNc1ccc([N+](=O)[O-])c(S(=O)(=O)Nc2ccncc2)c1. The molecule has 0 aliphatic rings. The molecule has 0 amide bonds. The van der Waals surface area contributed by atoms with Crippen molar-refractivity contribution in [1.29, 1.82) is 0 Å². The number of nitrogens with one attached hydrogen (secondary N) is 2. The molecule has 1 aromatic heterocycles. The molecule has 1 aromatic carbocycles. The lowest BCUT2D eigenvalue weighted by Crippen LogP contribution is -2.16. The second kappa shape index (κ2) is 5.73. The number of hydrazine groups is 1. The van der Waals surface area contributed by atoms with Gasteiger partial charge in [0, 0.05) is 18.5 Å². The van der Waals surface area contributed by atoms with Crippen molar-refractivity contribution in [2.24, 2.45) is 5.84 Å². The van der Waals surface area contributed by atoms with Crippen LogP contribution in [0.25, 0.3) is 0 Å². The number of hydrogen-bond acceptors (Lipinski definition) is 7. The van der Waals surface area contributed by atoms with Crippen molar-refractivity contribution in [3.8, 4) is 0 Å². The lowest BCUT2D eigenvalue weighted by atomic mass is 10.3. The number of nitrogen functional groups attached to an aromatic ring is 1. The van der Waals surface area contributed by atoms with Crippen LogP contribution in [-0.2, 0) is 10.0 Å². The van der Waals surface area contributed by atoms with Gasteiger partial charge in [0.1, 0.15) is 0 Å². The molecule has 9 nitrogen and oxygen atoms in total. The molecule has 1 heterocycles. The van der Waals surface area contributed by atoms with Gasteiger partial charge in [0.2, 0.25) is 0 Å². The number of nitro benzene ring substituents is 1. The van der Waals surface area contributed by atoms with E-state index in [0.717, 1.165) is 12.1 Å². The zero-order valence-electron chi connectivity index (χ0n) is 10.6. The summed E-state index contributed by atoms with van der Waals surface area (Å²) in [7, 11) is -4.14. The van der Waals surface area contributed by atoms with Gasteiger partial charge < -0.3 is 5.43 Å². The Morgan fingerprint density at radius 1 is 1.14 bits per heavy atom. The highest BCUT2D eigenvalue weighted by Gasteiger charge is 2.26. The molecule has 0 bridgehead atoms. The van der Waals surface area contributed by atoms with Crippen molar-refractivity contribution in [3.05, 3.63) is 52.8 Å². The van der Waals surface area contributed by atoms with Gasteiger partial charge in [-0.1, -0.05) is 0 Å². The van der Waals surface area contributed by atoms with E-state index in [1.807, 2.05) is 0 Å². The molecule has 0 fully saturated rings. The predicted octanol–water partition coefficient (Wildman–Crippen LogP) is 1.08. The Bertz CT molecular complexity index is 763. The average Bonchev–Trinajstić information content (AvgIpc) is 2.47. The first kappa shape index (κ1) is 14.7. The fourth-order valence-corrected chi connectivity index (χ4v) is 2.86. The van der Waals surface area contributed by atoms with Crippen LogP contribution in [0.5, 0.6) is 0 Å². The standard InChI is InChI=1S/C11H11N5O4S/c12-14-9-1-2-10(16(17)18)11(7-9)21(19,20)15-8-3-5-13-6-4-8/h1-7,14H,12H2,(H,13,15). The van der Waals surface area contributed by atoms with E-state index in [1.165, 1.54) is 30.6 Å². The minimum Gasteiger partial charge on any atom is -0.324 e. The van der Waals surface area contributed by atoms with Crippen LogP contribution < -0.4 is 16.0 Å². The number of hydrogen-bond donors (Lipinski definition) is 3. The van der Waals surface area contributed by atoms with Crippen molar-refractivity contribution >= 4 is 27.1 Å². The fourth-order valence-electron chi connectivity index (χ4n) is 1.60. The summed E-state index contributed by atoms with van der Waals surface area (Å²) in [5.74, 6) is 5.20. The zero-order chi connectivity index (χ0) is 15.5. The van der Waals surface area contributed by atoms with Crippen molar-refractivity contribution in [3.63, 3.8) is 0 Å². The molecule has 0 spiro atoms. The molecule has 0 atom stereocenters. The van der Waals surface area contributed by atoms with Crippen molar-refractivity contribution < 1.29 is 13.3 Å². The van der Waals surface area contributed by atoms with Gasteiger partial charge in [0.15, 0.2) is 4.90 Å². The highest BCUT2D eigenvalue weighted by Crippen LogP contribution is 2.28. The van der Waals surface area contributed by atoms with E-state index in [0.29, 0.717) is 0 Å². The summed E-state index contributed by atoms with van der Waals surface area (Å²) >= 11 is 0. The number of pyridine rings is 1. The Labute approximate surface area is 120 Å². The maximum Gasteiger partial charge on any atom is 0.290 e. The first-order valence-corrected chi connectivity index (χ1v) is 7.10. The quantitative estimate of drug-likeness (QED) is 0.426. The van der Waals surface area contributed by atoms with Crippen LogP contribution in [0.4, 0.5) is 17.1 Å². The third kappa shape index (κ3) is 3.24. The summed E-state index contributed by atoms with van der Waals surface area (Å²) in [6, 6.07) is 6.31. The molecule has 21 heavy (non-hydrogen) atoms. The second-order valence-electron chi connectivity index (χ2n) is 3.93. The summed E-state index contributed by atoms with van der Waals surface area (Å²) in [5.41, 5.74) is 2.17. The molecule has 0 saturated heterocycles. The van der Waals surface area contributed by atoms with Crippen molar-refractivity contribution in [1.82, 2.24) is 4.98 Å². The first-order valence-electron chi connectivity index (χ1n) is 5.62. The molecule has 10 heteroatoms. The fraction of sp³-hybridized carbons (Fsp3) is 0. The van der Waals surface area contributed by atoms with Gasteiger partial charge in [-0.3, -0.25) is 25.7 Å². The Hall–Kier alpha value is -2.72. The number of nitrogens with zero attached hydrogens (tertiary/aromatic N) is 2. The molecule has 2 rings (SSSR count). The van der Waals surface area contributed by atoms with Crippen LogP contribution >= 0.6 is 0 Å². The van der Waals surface area contributed by atoms with E-state index in [2.05, 4.69) is 15.1 Å². The molecular formula is C11H11N5O4S. The molecule has 4 N–H and O–H groups in total. The zero-order valence-corrected chi connectivity index (χ0v) is 11.4. The van der Waals surface area contributed by atoms with E-state index in [9.17, 15) is 18.5 Å². The van der Waals surface area contributed by atoms with Gasteiger partial charge in [-0.2, -0.15) is 0 Å². The molecule has 110 valence electrons. The second-order valence-corrected chi connectivity index (χ2v) is 5.58. The third-order valence-corrected chi connectivity index (χ3v) is 3.96. The summed E-state index contributed by atoms with van der Waals surface area (Å²) < 4.78 is 26.8. The molecule has 0 radical (unpaired) electrons. The van der Waals surface area contributed by atoms with E-state index in [-0.39, 0.29) is 11.4 Å². The van der Waals surface area contributed by atoms with Gasteiger partial charge in [-0.05, 0) is 24.3 Å². The number of rotatable bonds is 5. The molecule has 0 unspecified atom stereocenters. The van der Waals surface area contributed by atoms with Gasteiger partial charge in [0.25, 0.3) is 15.7 Å². The minimum atomic E-state index is -4.14. The Morgan fingerprint density at radius 3 is 2.38 bits per heavy atom. The molecule has 0 aliphatic carbocycles. The van der Waals surface area contributed by atoms with E-state index in [1.54, 1.807) is 0 Å². The Kier molecular flexibility index (Phi) is 4.00. The third-order valence-electron chi connectivity index (χ3n) is 2.55. The molecule has 0 aliphatic heterocycles. The van der Waals surface area contributed by atoms with Crippen LogP contribution in [0.1, 0.15) is 0 Å². The van der Waals surface area contributed by atoms with Gasteiger partial charge in [-0.15, -0.1) is 0 Å². The minimum absolute atomic E-state index is 0.232. The number of nitro groups is 1. The first-order chi connectivity index (χ1) is 9.94. The van der Waals surface area contributed by atoms with Crippen molar-refractivity contribution in [2.45, 2.75) is 4.90 Å². The lowest BCUT2D eigenvalue weighted by Gasteiger charge is -2.09. The highest BCUT2D eigenvalue weighted by atomic mass is 32.2. The van der Waals surface area contributed by atoms with Crippen LogP contribution in [0, 0.1) is 10.1 Å².